The van der Waals surface area contributed by atoms with Gasteiger partial charge in [-0.05, 0) is 23.3 Å². The molecule has 0 atom stereocenters. The summed E-state index contributed by atoms with van der Waals surface area (Å²) in [6.07, 6.45) is -4.65. The van der Waals surface area contributed by atoms with Crippen molar-refractivity contribution in [2.75, 3.05) is 0 Å². The summed E-state index contributed by atoms with van der Waals surface area (Å²) >= 11 is 0. The minimum atomic E-state index is -4.65. The van der Waals surface area contributed by atoms with E-state index < -0.39 is 51.7 Å². The van der Waals surface area contributed by atoms with Crippen LogP contribution >= 0.6 is 0 Å². The zero-order valence-corrected chi connectivity index (χ0v) is 12.8. The summed E-state index contributed by atoms with van der Waals surface area (Å²) in [6.45, 7) is 0. The molecule has 0 saturated heterocycles. The normalized spacial score (nSPS) is 11.7. The lowest BCUT2D eigenvalue weighted by Crippen LogP contribution is -2.06. The van der Waals surface area contributed by atoms with E-state index in [9.17, 15) is 30.7 Å². The molecule has 0 aliphatic rings. The van der Waals surface area contributed by atoms with E-state index in [-0.39, 0.29) is 5.56 Å². The monoisotopic (exact) mass is 370 g/mol. The lowest BCUT2D eigenvalue weighted by atomic mass is 9.96. The van der Waals surface area contributed by atoms with Crippen LogP contribution in [0.15, 0.2) is 54.6 Å². The van der Waals surface area contributed by atoms with Crippen LogP contribution in [0, 0.1) is 23.3 Å². The molecule has 0 heterocycles. The smallest absolute Gasteiger partial charge is 0.203 e. The minimum Gasteiger partial charge on any atom is -0.203 e. The number of alkyl halides is 3. The Morgan fingerprint density at radius 3 is 1.27 bits per heavy atom. The number of benzene rings is 3. The van der Waals surface area contributed by atoms with Gasteiger partial charge in [0, 0.05) is 0 Å². The Bertz CT molecular complexity index is 913. The van der Waals surface area contributed by atoms with Crippen molar-refractivity contribution in [1.82, 2.24) is 0 Å². The van der Waals surface area contributed by atoms with Gasteiger partial charge >= 0.3 is 6.18 Å². The Hall–Kier alpha value is -2.83. The fourth-order valence-electron chi connectivity index (χ4n) is 2.57. The summed E-state index contributed by atoms with van der Waals surface area (Å²) in [7, 11) is 0. The molecule has 0 fully saturated rings. The Balaban J connectivity index is 2.19. The Labute approximate surface area is 143 Å². The molecular weight excluding hydrogens is 361 g/mol. The average molecular weight is 370 g/mol. The van der Waals surface area contributed by atoms with Gasteiger partial charge < -0.3 is 0 Å². The van der Waals surface area contributed by atoms with Crippen molar-refractivity contribution in [2.45, 2.75) is 6.18 Å². The van der Waals surface area contributed by atoms with Crippen molar-refractivity contribution in [3.63, 3.8) is 0 Å². The predicted molar refractivity (Wildman–Crippen MR) is 82.1 cm³/mol. The highest BCUT2D eigenvalue weighted by atomic mass is 19.4. The molecule has 0 unspecified atom stereocenters. The summed E-state index contributed by atoms with van der Waals surface area (Å²) in [4.78, 5) is 0. The van der Waals surface area contributed by atoms with Crippen molar-refractivity contribution in [1.29, 1.82) is 0 Å². The van der Waals surface area contributed by atoms with E-state index in [2.05, 4.69) is 0 Å². The zero-order chi connectivity index (χ0) is 19.1. The molecule has 0 saturated carbocycles. The van der Waals surface area contributed by atoms with E-state index in [1.807, 2.05) is 0 Å². The molecule has 0 aliphatic carbocycles. The second-order valence-corrected chi connectivity index (χ2v) is 5.45. The van der Waals surface area contributed by atoms with Gasteiger partial charge in [0.25, 0.3) is 0 Å². The zero-order valence-electron chi connectivity index (χ0n) is 12.8. The Kier molecular flexibility index (Phi) is 4.48. The standard InChI is InChI=1S/C19H9F7/c20-15-13(10-4-2-1-3-5-10)16(21)18(23)14(17(15)22)11-6-8-12(9-7-11)19(24,25)26/h1-9H. The van der Waals surface area contributed by atoms with Crippen molar-refractivity contribution < 1.29 is 30.7 Å². The van der Waals surface area contributed by atoms with E-state index in [1.165, 1.54) is 24.3 Å². The van der Waals surface area contributed by atoms with Crippen LogP contribution in [-0.2, 0) is 6.18 Å². The van der Waals surface area contributed by atoms with E-state index in [4.69, 9.17) is 0 Å². The molecule has 3 aromatic carbocycles. The predicted octanol–water partition coefficient (Wildman–Crippen LogP) is 6.60. The molecule has 26 heavy (non-hydrogen) atoms. The fourth-order valence-corrected chi connectivity index (χ4v) is 2.57. The summed E-state index contributed by atoms with van der Waals surface area (Å²) in [5, 5.41) is 0. The molecule has 0 aliphatic heterocycles. The molecule has 134 valence electrons. The molecule has 0 amide bonds. The van der Waals surface area contributed by atoms with Crippen LogP contribution in [0.2, 0.25) is 0 Å². The molecule has 0 radical (unpaired) electrons. The Morgan fingerprint density at radius 1 is 0.500 bits per heavy atom. The molecule has 0 bridgehead atoms. The van der Waals surface area contributed by atoms with Gasteiger partial charge in [0.05, 0.1) is 16.7 Å². The van der Waals surface area contributed by atoms with E-state index >= 15 is 0 Å². The van der Waals surface area contributed by atoms with Gasteiger partial charge in [0.1, 0.15) is 0 Å². The molecule has 3 aromatic rings. The SMILES string of the molecule is Fc1c(F)c(-c2ccc(C(F)(F)F)cc2)c(F)c(F)c1-c1ccccc1. The minimum absolute atomic E-state index is 0.0701. The molecular formula is C19H9F7. The number of hydrogen-bond acceptors (Lipinski definition) is 0. The van der Waals surface area contributed by atoms with Gasteiger partial charge in [-0.25, -0.2) is 17.6 Å². The second-order valence-electron chi connectivity index (χ2n) is 5.45. The van der Waals surface area contributed by atoms with E-state index in [0.29, 0.717) is 12.1 Å². The Morgan fingerprint density at radius 2 is 0.885 bits per heavy atom. The van der Waals surface area contributed by atoms with Crippen molar-refractivity contribution in [3.05, 3.63) is 83.4 Å². The van der Waals surface area contributed by atoms with Crippen LogP contribution in [0.5, 0.6) is 0 Å². The van der Waals surface area contributed by atoms with Crippen LogP contribution in [0.1, 0.15) is 5.56 Å². The van der Waals surface area contributed by atoms with Crippen LogP contribution < -0.4 is 0 Å². The van der Waals surface area contributed by atoms with Gasteiger partial charge in [-0.3, -0.25) is 0 Å². The number of rotatable bonds is 2. The van der Waals surface area contributed by atoms with Crippen LogP contribution in [0.3, 0.4) is 0 Å². The third-order valence-electron chi connectivity index (χ3n) is 3.83. The van der Waals surface area contributed by atoms with Crippen LogP contribution in [0.25, 0.3) is 22.3 Å². The summed E-state index contributed by atoms with van der Waals surface area (Å²) in [6, 6.07) is 9.65. The lowest BCUT2D eigenvalue weighted by molar-refractivity contribution is -0.137. The van der Waals surface area contributed by atoms with Gasteiger partial charge in [-0.15, -0.1) is 0 Å². The van der Waals surface area contributed by atoms with Crippen LogP contribution in [0.4, 0.5) is 30.7 Å². The highest BCUT2D eigenvalue weighted by Gasteiger charge is 2.31. The van der Waals surface area contributed by atoms with Crippen LogP contribution in [-0.4, -0.2) is 0 Å². The van der Waals surface area contributed by atoms with E-state index in [0.717, 1.165) is 12.1 Å². The molecule has 7 heteroatoms. The maximum atomic E-state index is 14.4. The molecule has 0 spiro atoms. The quantitative estimate of drug-likeness (QED) is 0.352. The summed E-state index contributed by atoms with van der Waals surface area (Å²) < 4.78 is 95.3. The first-order valence-corrected chi connectivity index (χ1v) is 7.30. The average Bonchev–Trinajstić information content (AvgIpc) is 2.61. The van der Waals surface area contributed by atoms with Gasteiger partial charge in [0.15, 0.2) is 23.3 Å². The molecule has 0 nitrogen and oxygen atoms in total. The third kappa shape index (κ3) is 3.05. The van der Waals surface area contributed by atoms with Gasteiger partial charge in [-0.2, -0.15) is 13.2 Å². The first-order chi connectivity index (χ1) is 12.2. The van der Waals surface area contributed by atoms with Crippen molar-refractivity contribution in [2.24, 2.45) is 0 Å². The fraction of sp³-hybridized carbons (Fsp3) is 0.0526. The second kappa shape index (κ2) is 6.48. The topological polar surface area (TPSA) is 0 Å². The molecule has 0 N–H and O–H groups in total. The lowest BCUT2D eigenvalue weighted by Gasteiger charge is -2.13. The maximum Gasteiger partial charge on any atom is 0.416 e. The highest BCUT2D eigenvalue weighted by molar-refractivity contribution is 5.73. The molecule has 0 aromatic heterocycles. The largest absolute Gasteiger partial charge is 0.416 e. The summed E-state index contributed by atoms with van der Waals surface area (Å²) in [5.41, 5.74) is -3.47. The van der Waals surface area contributed by atoms with Crippen molar-refractivity contribution >= 4 is 0 Å². The highest BCUT2D eigenvalue weighted by Crippen LogP contribution is 2.38. The third-order valence-corrected chi connectivity index (χ3v) is 3.83. The van der Waals surface area contributed by atoms with E-state index in [1.54, 1.807) is 6.07 Å². The first-order valence-electron chi connectivity index (χ1n) is 7.30. The van der Waals surface area contributed by atoms with Crippen molar-refractivity contribution in [3.8, 4) is 22.3 Å². The maximum absolute atomic E-state index is 14.4. The van der Waals surface area contributed by atoms with Gasteiger partial charge in [-0.1, -0.05) is 42.5 Å². The number of hydrogen-bond donors (Lipinski definition) is 0. The number of halogens is 7. The van der Waals surface area contributed by atoms with Gasteiger partial charge in [0.2, 0.25) is 0 Å². The molecule has 3 rings (SSSR count). The summed E-state index contributed by atoms with van der Waals surface area (Å²) in [5.74, 6) is -6.60. The first kappa shape index (κ1) is 18.0.